The lowest BCUT2D eigenvalue weighted by atomic mass is 9.96. The van der Waals surface area contributed by atoms with E-state index in [1.54, 1.807) is 0 Å². The molecule has 2 rings (SSSR count). The zero-order valence-corrected chi connectivity index (χ0v) is 12.3. The van der Waals surface area contributed by atoms with Gasteiger partial charge in [-0.05, 0) is 57.8 Å². The zero-order chi connectivity index (χ0) is 12.1. The lowest BCUT2D eigenvalue weighted by Gasteiger charge is -2.27. The van der Waals surface area contributed by atoms with E-state index in [0.29, 0.717) is 4.75 Å². The summed E-state index contributed by atoms with van der Waals surface area (Å²) >= 11 is 2.15. The fourth-order valence-electron chi connectivity index (χ4n) is 2.82. The second-order valence-corrected chi connectivity index (χ2v) is 8.00. The Morgan fingerprint density at radius 3 is 3.00 bits per heavy atom. The Balaban J connectivity index is 1.68. The molecule has 3 heteroatoms. The molecule has 100 valence electrons. The fraction of sp³-hybridized carbons (Fsp3) is 1.00. The van der Waals surface area contributed by atoms with Gasteiger partial charge >= 0.3 is 0 Å². The van der Waals surface area contributed by atoms with E-state index in [1.807, 2.05) is 0 Å². The maximum Gasteiger partial charge on any atom is 0.0116 e. The molecule has 2 heterocycles. The van der Waals surface area contributed by atoms with Crippen molar-refractivity contribution in [3.8, 4) is 0 Å². The van der Waals surface area contributed by atoms with E-state index in [-0.39, 0.29) is 0 Å². The Hall–Kier alpha value is 0.270. The summed E-state index contributed by atoms with van der Waals surface area (Å²) in [5.41, 5.74) is 0. The molecule has 2 nitrogen and oxygen atoms in total. The van der Waals surface area contributed by atoms with Crippen LogP contribution >= 0.6 is 11.8 Å². The first-order valence-corrected chi connectivity index (χ1v) is 8.21. The highest BCUT2D eigenvalue weighted by Crippen LogP contribution is 2.30. The molecule has 0 aliphatic carbocycles. The minimum Gasteiger partial charge on any atom is -0.316 e. The minimum atomic E-state index is 0.501. The van der Waals surface area contributed by atoms with Gasteiger partial charge in [-0.1, -0.05) is 13.8 Å². The van der Waals surface area contributed by atoms with E-state index in [0.717, 1.165) is 5.92 Å². The van der Waals surface area contributed by atoms with Gasteiger partial charge in [0.15, 0.2) is 0 Å². The van der Waals surface area contributed by atoms with Crippen LogP contribution in [-0.2, 0) is 0 Å². The van der Waals surface area contributed by atoms with Gasteiger partial charge in [-0.3, -0.25) is 0 Å². The van der Waals surface area contributed by atoms with Gasteiger partial charge in [0.2, 0.25) is 0 Å². The van der Waals surface area contributed by atoms with E-state index in [1.165, 1.54) is 64.2 Å². The summed E-state index contributed by atoms with van der Waals surface area (Å²) in [4.78, 5) is 2.69. The van der Waals surface area contributed by atoms with Crippen LogP contribution in [0.3, 0.4) is 0 Å². The molecular formula is C14H28N2S. The summed E-state index contributed by atoms with van der Waals surface area (Å²) in [6, 6.07) is 0. The number of hydrogen-bond acceptors (Lipinski definition) is 3. The van der Waals surface area contributed by atoms with Crippen molar-refractivity contribution in [3.63, 3.8) is 0 Å². The van der Waals surface area contributed by atoms with Gasteiger partial charge in [-0.2, -0.15) is 11.8 Å². The van der Waals surface area contributed by atoms with E-state index in [2.05, 4.69) is 35.8 Å². The summed E-state index contributed by atoms with van der Waals surface area (Å²) in [7, 11) is 0. The molecule has 1 atom stereocenters. The van der Waals surface area contributed by atoms with E-state index in [4.69, 9.17) is 0 Å². The Morgan fingerprint density at radius 2 is 2.24 bits per heavy atom. The lowest BCUT2D eigenvalue weighted by Crippen LogP contribution is -2.34. The van der Waals surface area contributed by atoms with Gasteiger partial charge < -0.3 is 10.2 Å². The van der Waals surface area contributed by atoms with Crippen LogP contribution in [0.15, 0.2) is 0 Å². The maximum absolute atomic E-state index is 3.53. The first-order chi connectivity index (χ1) is 8.16. The summed E-state index contributed by atoms with van der Waals surface area (Å²) in [5, 5.41) is 3.53. The predicted molar refractivity (Wildman–Crippen MR) is 77.8 cm³/mol. The Bertz CT molecular complexity index is 224. The molecule has 1 N–H and O–H groups in total. The molecule has 0 aromatic heterocycles. The van der Waals surface area contributed by atoms with Crippen LogP contribution in [-0.4, -0.2) is 48.1 Å². The van der Waals surface area contributed by atoms with Gasteiger partial charge in [0, 0.05) is 17.0 Å². The normalized spacial score (nSPS) is 31.1. The SMILES string of the molecule is CC1(C)CCN(CCC2CCCNC2)CCS1. The van der Waals surface area contributed by atoms with E-state index >= 15 is 0 Å². The van der Waals surface area contributed by atoms with Crippen molar-refractivity contribution in [2.45, 2.75) is 44.3 Å². The molecule has 1 unspecified atom stereocenters. The van der Waals surface area contributed by atoms with Crippen LogP contribution in [0.1, 0.15) is 39.5 Å². The second kappa shape index (κ2) is 6.44. The van der Waals surface area contributed by atoms with Gasteiger partial charge in [0.05, 0.1) is 0 Å². The van der Waals surface area contributed by atoms with Crippen molar-refractivity contribution in [1.29, 1.82) is 0 Å². The van der Waals surface area contributed by atoms with Crippen molar-refractivity contribution in [2.75, 3.05) is 38.5 Å². The Labute approximate surface area is 111 Å². The van der Waals surface area contributed by atoms with Gasteiger partial charge in [0.25, 0.3) is 0 Å². The third-order valence-corrected chi connectivity index (χ3v) is 5.56. The molecule has 2 aliphatic rings. The largest absolute Gasteiger partial charge is 0.316 e. The highest BCUT2D eigenvalue weighted by molar-refractivity contribution is 8.00. The number of rotatable bonds is 3. The average molecular weight is 256 g/mol. The lowest BCUT2D eigenvalue weighted by molar-refractivity contribution is 0.244. The third kappa shape index (κ3) is 4.80. The highest BCUT2D eigenvalue weighted by atomic mass is 32.2. The van der Waals surface area contributed by atoms with Gasteiger partial charge in [-0.15, -0.1) is 0 Å². The molecule has 0 saturated carbocycles. The Morgan fingerprint density at radius 1 is 1.35 bits per heavy atom. The van der Waals surface area contributed by atoms with Gasteiger partial charge in [0.1, 0.15) is 0 Å². The third-order valence-electron chi connectivity index (χ3n) is 4.18. The maximum atomic E-state index is 3.53. The number of piperidine rings is 1. The quantitative estimate of drug-likeness (QED) is 0.835. The fourth-order valence-corrected chi connectivity index (χ4v) is 3.96. The van der Waals surface area contributed by atoms with Crippen molar-refractivity contribution < 1.29 is 0 Å². The number of nitrogens with zero attached hydrogens (tertiary/aromatic N) is 1. The molecule has 0 amide bonds. The molecule has 2 aliphatic heterocycles. The second-order valence-electron chi connectivity index (χ2n) is 6.20. The van der Waals surface area contributed by atoms with Crippen LogP contribution in [0.5, 0.6) is 0 Å². The molecule has 0 radical (unpaired) electrons. The smallest absolute Gasteiger partial charge is 0.0116 e. The molecule has 17 heavy (non-hydrogen) atoms. The monoisotopic (exact) mass is 256 g/mol. The highest BCUT2D eigenvalue weighted by Gasteiger charge is 2.24. The van der Waals surface area contributed by atoms with Crippen LogP contribution in [0, 0.1) is 5.92 Å². The molecule has 2 saturated heterocycles. The van der Waals surface area contributed by atoms with E-state index in [9.17, 15) is 0 Å². The molecule has 0 bridgehead atoms. The molecule has 2 fully saturated rings. The molecule has 0 aromatic rings. The van der Waals surface area contributed by atoms with Crippen molar-refractivity contribution in [3.05, 3.63) is 0 Å². The summed E-state index contributed by atoms with van der Waals surface area (Å²) < 4.78 is 0.501. The van der Waals surface area contributed by atoms with Crippen LogP contribution < -0.4 is 5.32 Å². The van der Waals surface area contributed by atoms with Gasteiger partial charge in [-0.25, -0.2) is 0 Å². The molecule has 0 aromatic carbocycles. The van der Waals surface area contributed by atoms with Crippen LogP contribution in [0.2, 0.25) is 0 Å². The standard InChI is InChI=1S/C14H28N2S/c1-14(2)6-9-16(10-11-17-14)8-5-13-4-3-7-15-12-13/h13,15H,3-12H2,1-2H3. The van der Waals surface area contributed by atoms with Crippen molar-refractivity contribution in [1.82, 2.24) is 10.2 Å². The van der Waals surface area contributed by atoms with Crippen LogP contribution in [0.4, 0.5) is 0 Å². The van der Waals surface area contributed by atoms with E-state index < -0.39 is 0 Å². The minimum absolute atomic E-state index is 0.501. The molecular weight excluding hydrogens is 228 g/mol. The first-order valence-electron chi connectivity index (χ1n) is 7.23. The summed E-state index contributed by atoms with van der Waals surface area (Å²) in [6.45, 7) is 11.2. The summed E-state index contributed by atoms with van der Waals surface area (Å²) in [5.74, 6) is 2.25. The number of thioether (sulfide) groups is 1. The zero-order valence-electron chi connectivity index (χ0n) is 11.5. The topological polar surface area (TPSA) is 15.3 Å². The predicted octanol–water partition coefficient (Wildman–Crippen LogP) is 2.59. The average Bonchev–Trinajstić information content (AvgIpc) is 2.49. The molecule has 0 spiro atoms. The number of nitrogens with one attached hydrogen (secondary N) is 1. The summed E-state index contributed by atoms with van der Waals surface area (Å²) in [6.07, 6.45) is 5.58. The van der Waals surface area contributed by atoms with Crippen LogP contribution in [0.25, 0.3) is 0 Å². The van der Waals surface area contributed by atoms with Crippen molar-refractivity contribution in [2.24, 2.45) is 5.92 Å². The first kappa shape index (κ1) is 13.7. The van der Waals surface area contributed by atoms with Crippen molar-refractivity contribution >= 4 is 11.8 Å². The number of hydrogen-bond donors (Lipinski definition) is 1. The Kier molecular flexibility index (Phi) is 5.19.